The zero-order chi connectivity index (χ0) is 20.1. The summed E-state index contributed by atoms with van der Waals surface area (Å²) < 4.78 is 34.1. The predicted octanol–water partition coefficient (Wildman–Crippen LogP) is 2.69. The Morgan fingerprint density at radius 3 is 2.61 bits per heavy atom. The first-order valence-electron chi connectivity index (χ1n) is 9.02. The number of sulfonamides is 1. The molecule has 1 amide bonds. The number of nitrogens with zero attached hydrogens (tertiary/aromatic N) is 4. The van der Waals surface area contributed by atoms with Crippen molar-refractivity contribution in [1.29, 1.82) is 0 Å². The Morgan fingerprint density at radius 2 is 1.96 bits per heavy atom. The first-order valence-corrected chi connectivity index (χ1v) is 10.8. The number of anilines is 1. The van der Waals surface area contributed by atoms with Gasteiger partial charge in [0, 0.05) is 43.0 Å². The molecule has 2 aromatic rings. The number of rotatable bonds is 3. The van der Waals surface area contributed by atoms with E-state index in [2.05, 4.69) is 4.98 Å². The second-order valence-electron chi connectivity index (χ2n) is 7.03. The summed E-state index contributed by atoms with van der Waals surface area (Å²) in [4.78, 5) is 18.2. The summed E-state index contributed by atoms with van der Waals surface area (Å²) in [7, 11) is -1.89. The fourth-order valence-corrected chi connectivity index (χ4v) is 5.41. The number of aryl methyl sites for hydroxylation is 2. The number of halogens is 1. The summed E-state index contributed by atoms with van der Waals surface area (Å²) in [6.45, 7) is 2.52. The van der Waals surface area contributed by atoms with E-state index in [1.54, 1.807) is 35.6 Å². The Labute approximate surface area is 168 Å². The molecule has 1 saturated heterocycles. The lowest BCUT2D eigenvalue weighted by Crippen LogP contribution is -2.50. The number of imidazole rings is 1. The molecule has 0 saturated carbocycles. The maximum Gasteiger partial charge on any atom is 0.414 e. The fourth-order valence-electron chi connectivity index (χ4n) is 3.69. The zero-order valence-corrected chi connectivity index (χ0v) is 17.2. The third-order valence-electron chi connectivity index (χ3n) is 5.37. The van der Waals surface area contributed by atoms with Crippen LogP contribution < -0.4 is 4.90 Å². The SMILES string of the molecule is Cc1nc(S(=O)(=O)N2CCC(N3C(=O)OCc4c(Cl)cccc43)CC2)cn1C. The molecule has 0 N–H and O–H groups in total. The van der Waals surface area contributed by atoms with Gasteiger partial charge in [0.05, 0.1) is 5.69 Å². The number of cyclic esters (lactones) is 1. The highest BCUT2D eigenvalue weighted by atomic mass is 35.5. The second kappa shape index (κ2) is 7.06. The van der Waals surface area contributed by atoms with E-state index in [1.807, 2.05) is 6.07 Å². The van der Waals surface area contributed by atoms with E-state index < -0.39 is 16.1 Å². The van der Waals surface area contributed by atoms with Crippen LogP contribution in [-0.2, 0) is 28.4 Å². The van der Waals surface area contributed by atoms with E-state index in [0.717, 1.165) is 11.3 Å². The quantitative estimate of drug-likeness (QED) is 0.756. The van der Waals surface area contributed by atoms with Crippen molar-refractivity contribution in [3.05, 3.63) is 40.8 Å². The molecule has 0 aliphatic carbocycles. The molecule has 0 bridgehead atoms. The molecule has 8 nitrogen and oxygen atoms in total. The number of benzene rings is 1. The van der Waals surface area contributed by atoms with Crippen LogP contribution >= 0.6 is 11.6 Å². The van der Waals surface area contributed by atoms with Gasteiger partial charge >= 0.3 is 6.09 Å². The van der Waals surface area contributed by atoms with Crippen LogP contribution in [0.1, 0.15) is 24.2 Å². The van der Waals surface area contributed by atoms with Crippen LogP contribution in [0.4, 0.5) is 10.5 Å². The van der Waals surface area contributed by atoms with Crippen molar-refractivity contribution < 1.29 is 17.9 Å². The second-order valence-corrected chi connectivity index (χ2v) is 9.33. The normalized spacial score (nSPS) is 18.8. The summed E-state index contributed by atoms with van der Waals surface area (Å²) in [6.07, 6.45) is 2.12. The van der Waals surface area contributed by atoms with Crippen molar-refractivity contribution in [3.8, 4) is 0 Å². The molecule has 0 radical (unpaired) electrons. The van der Waals surface area contributed by atoms with Crippen molar-refractivity contribution in [2.24, 2.45) is 7.05 Å². The Bertz CT molecular complexity index is 1010. The van der Waals surface area contributed by atoms with E-state index in [9.17, 15) is 13.2 Å². The van der Waals surface area contributed by atoms with Crippen LogP contribution in [0.2, 0.25) is 5.02 Å². The van der Waals surface area contributed by atoms with Crippen molar-refractivity contribution >= 4 is 33.4 Å². The van der Waals surface area contributed by atoms with Crippen LogP contribution in [0, 0.1) is 6.92 Å². The van der Waals surface area contributed by atoms with Crippen molar-refractivity contribution in [2.45, 2.75) is 37.4 Å². The van der Waals surface area contributed by atoms with E-state index in [1.165, 1.54) is 10.5 Å². The molecule has 4 rings (SSSR count). The zero-order valence-electron chi connectivity index (χ0n) is 15.6. The lowest BCUT2D eigenvalue weighted by atomic mass is 10.0. The van der Waals surface area contributed by atoms with Crippen LogP contribution in [0.5, 0.6) is 0 Å². The average molecular weight is 425 g/mol. The molecule has 10 heteroatoms. The van der Waals surface area contributed by atoms with Crippen molar-refractivity contribution in [3.63, 3.8) is 0 Å². The fraction of sp³-hybridized carbons (Fsp3) is 0.444. The van der Waals surface area contributed by atoms with E-state index in [-0.39, 0.29) is 17.7 Å². The largest absolute Gasteiger partial charge is 0.444 e. The van der Waals surface area contributed by atoms with Gasteiger partial charge in [0.1, 0.15) is 12.4 Å². The maximum absolute atomic E-state index is 12.9. The van der Waals surface area contributed by atoms with Crippen molar-refractivity contribution in [1.82, 2.24) is 13.9 Å². The summed E-state index contributed by atoms with van der Waals surface area (Å²) >= 11 is 6.25. The van der Waals surface area contributed by atoms with Crippen LogP contribution in [0.3, 0.4) is 0 Å². The van der Waals surface area contributed by atoms with E-state index >= 15 is 0 Å². The summed E-state index contributed by atoms with van der Waals surface area (Å²) in [5.74, 6) is 0.637. The average Bonchev–Trinajstić information content (AvgIpc) is 3.01. The summed E-state index contributed by atoms with van der Waals surface area (Å²) in [5.41, 5.74) is 1.52. The molecule has 1 fully saturated rings. The topological polar surface area (TPSA) is 84.7 Å². The standard InChI is InChI=1S/C18H21ClN4O4S/c1-12-20-17(10-21(12)2)28(25,26)22-8-6-13(7-9-22)23-16-5-3-4-15(19)14(16)11-27-18(23)24/h3-5,10,13H,6-9,11H2,1-2H3. The van der Waals surface area contributed by atoms with Gasteiger partial charge in [-0.25, -0.2) is 18.2 Å². The first-order chi connectivity index (χ1) is 13.3. The molecule has 28 heavy (non-hydrogen) atoms. The van der Waals surface area contributed by atoms with Gasteiger partial charge in [-0.2, -0.15) is 4.31 Å². The Hall–Kier alpha value is -2.10. The molecule has 2 aliphatic heterocycles. The minimum Gasteiger partial charge on any atom is -0.444 e. The van der Waals surface area contributed by atoms with Crippen LogP contribution in [-0.4, -0.2) is 47.5 Å². The molecule has 3 heterocycles. The number of ether oxygens (including phenoxy) is 1. The highest BCUT2D eigenvalue weighted by Gasteiger charge is 2.38. The highest BCUT2D eigenvalue weighted by Crippen LogP contribution is 2.36. The Kier molecular flexibility index (Phi) is 4.84. The molecule has 2 aliphatic rings. The molecule has 1 aromatic heterocycles. The minimum atomic E-state index is -3.65. The molecule has 0 spiro atoms. The van der Waals surface area contributed by atoms with Gasteiger partial charge in [0.15, 0.2) is 5.03 Å². The highest BCUT2D eigenvalue weighted by molar-refractivity contribution is 7.89. The maximum atomic E-state index is 12.9. The third-order valence-corrected chi connectivity index (χ3v) is 7.49. The molecule has 1 aromatic carbocycles. The molecule has 0 atom stereocenters. The molecular weight excluding hydrogens is 404 g/mol. The van der Waals surface area contributed by atoms with E-state index in [0.29, 0.717) is 36.8 Å². The van der Waals surface area contributed by atoms with Crippen LogP contribution in [0.15, 0.2) is 29.4 Å². The lowest BCUT2D eigenvalue weighted by Gasteiger charge is -2.39. The number of piperidine rings is 1. The van der Waals surface area contributed by atoms with Crippen LogP contribution in [0.25, 0.3) is 0 Å². The number of amides is 1. The molecule has 0 unspecified atom stereocenters. The van der Waals surface area contributed by atoms with Gasteiger partial charge in [-0.3, -0.25) is 4.90 Å². The molecule has 150 valence electrons. The Morgan fingerprint density at radius 1 is 1.25 bits per heavy atom. The lowest BCUT2D eigenvalue weighted by molar-refractivity contribution is 0.136. The Balaban J connectivity index is 1.53. The monoisotopic (exact) mass is 424 g/mol. The number of aromatic nitrogens is 2. The first kappa shape index (κ1) is 19.2. The smallest absolute Gasteiger partial charge is 0.414 e. The van der Waals surface area contributed by atoms with Gasteiger partial charge in [-0.15, -0.1) is 0 Å². The van der Waals surface area contributed by atoms with Gasteiger partial charge in [0.25, 0.3) is 10.0 Å². The summed E-state index contributed by atoms with van der Waals surface area (Å²) in [5, 5.41) is 0.612. The van der Waals surface area contributed by atoms with Gasteiger partial charge in [-0.05, 0) is 31.9 Å². The number of carbonyl (C=O) groups is 1. The van der Waals surface area contributed by atoms with Crippen molar-refractivity contribution in [2.75, 3.05) is 18.0 Å². The minimum absolute atomic E-state index is 0.0560. The summed E-state index contributed by atoms with van der Waals surface area (Å²) in [6, 6.07) is 5.26. The van der Waals surface area contributed by atoms with Gasteiger partial charge < -0.3 is 9.30 Å². The number of hydrogen-bond donors (Lipinski definition) is 0. The predicted molar refractivity (Wildman–Crippen MR) is 104 cm³/mol. The van der Waals surface area contributed by atoms with E-state index in [4.69, 9.17) is 16.3 Å². The van der Waals surface area contributed by atoms with Gasteiger partial charge in [-0.1, -0.05) is 17.7 Å². The van der Waals surface area contributed by atoms with Gasteiger partial charge in [0.2, 0.25) is 0 Å². The number of hydrogen-bond acceptors (Lipinski definition) is 5. The molecular formula is C18H21ClN4O4S. The third kappa shape index (κ3) is 3.17. The number of carbonyl (C=O) groups excluding carboxylic acids is 1. The number of fused-ring (bicyclic) bond motifs is 1.